The van der Waals surface area contributed by atoms with Crippen molar-refractivity contribution in [3.63, 3.8) is 0 Å². The number of sulfonamides is 1. The van der Waals surface area contributed by atoms with Crippen LogP contribution in [0.25, 0.3) is 0 Å². The quantitative estimate of drug-likeness (QED) is 0.748. The van der Waals surface area contributed by atoms with Crippen molar-refractivity contribution in [1.82, 2.24) is 4.31 Å². The van der Waals surface area contributed by atoms with Gasteiger partial charge in [0.2, 0.25) is 0 Å². The topological polar surface area (TPSA) is 92.5 Å². The smallest absolute Gasteiger partial charge is 0.265 e. The van der Waals surface area contributed by atoms with Gasteiger partial charge in [0.15, 0.2) is 0 Å². The van der Waals surface area contributed by atoms with E-state index in [1.807, 2.05) is 0 Å². The number of piperidine rings is 1. The average molecular weight is 416 g/mol. The Bertz CT molecular complexity index is 875. The Kier molecular flexibility index (Phi) is 6.68. The highest BCUT2D eigenvalue weighted by molar-refractivity contribution is 7.91. The fraction of sp³-hybridized carbons (Fsp3) is 0.353. The molecule has 2 heterocycles. The lowest BCUT2D eigenvalue weighted by molar-refractivity contribution is 0.103. The van der Waals surface area contributed by atoms with Crippen molar-refractivity contribution < 1.29 is 13.2 Å². The van der Waals surface area contributed by atoms with Gasteiger partial charge in [-0.2, -0.15) is 4.31 Å². The van der Waals surface area contributed by atoms with E-state index >= 15 is 0 Å². The molecule has 1 fully saturated rings. The highest BCUT2D eigenvalue weighted by atomic mass is 35.5. The minimum Gasteiger partial charge on any atom is -0.397 e. The molecule has 3 rings (SSSR count). The molecular formula is C17H22ClN3O3S2. The lowest BCUT2D eigenvalue weighted by atomic mass is 10.0. The maximum absolute atomic E-state index is 12.7. The number of carbonyl (C=O) groups is 1. The summed E-state index contributed by atoms with van der Waals surface area (Å²) in [6, 6.07) is 9.98. The fourth-order valence-corrected chi connectivity index (χ4v) is 5.55. The molecule has 0 atom stereocenters. The highest BCUT2D eigenvalue weighted by Gasteiger charge is 2.29. The van der Waals surface area contributed by atoms with E-state index in [0.29, 0.717) is 35.3 Å². The van der Waals surface area contributed by atoms with Gasteiger partial charge in [0.05, 0.1) is 16.3 Å². The SMILES string of the molecule is CC1CCN(S(=O)(=O)c2ccc(C(=O)Nc3ccccc3N)s2)CC1.Cl. The molecule has 9 heteroatoms. The summed E-state index contributed by atoms with van der Waals surface area (Å²) >= 11 is 0.985. The van der Waals surface area contributed by atoms with Crippen molar-refractivity contribution >= 4 is 51.0 Å². The largest absolute Gasteiger partial charge is 0.397 e. The molecule has 1 aromatic carbocycles. The Morgan fingerprint density at radius 2 is 1.85 bits per heavy atom. The van der Waals surface area contributed by atoms with Crippen LogP contribution in [0.4, 0.5) is 11.4 Å². The standard InChI is InChI=1S/C17H21N3O3S2.ClH/c1-12-8-10-20(11-9-12)25(22,23)16-7-6-15(24-16)17(21)19-14-5-3-2-4-13(14)18;/h2-7,12H,8-11,18H2,1H3,(H,19,21);1H. The average Bonchev–Trinajstić information content (AvgIpc) is 3.08. The summed E-state index contributed by atoms with van der Waals surface area (Å²) in [5, 5.41) is 2.71. The van der Waals surface area contributed by atoms with Crippen LogP contribution >= 0.6 is 23.7 Å². The minimum atomic E-state index is -3.53. The van der Waals surface area contributed by atoms with Crippen LogP contribution < -0.4 is 11.1 Å². The molecule has 1 aliphatic rings. The number of halogens is 1. The number of anilines is 2. The normalized spacial score (nSPS) is 16.0. The molecular weight excluding hydrogens is 394 g/mol. The molecule has 0 saturated carbocycles. The Morgan fingerprint density at radius 3 is 2.50 bits per heavy atom. The van der Waals surface area contributed by atoms with E-state index in [2.05, 4.69) is 12.2 Å². The number of nitrogens with two attached hydrogens (primary N) is 1. The molecule has 0 radical (unpaired) electrons. The number of nitrogen functional groups attached to an aromatic ring is 1. The van der Waals surface area contributed by atoms with Crippen LogP contribution in [0.15, 0.2) is 40.6 Å². The molecule has 0 bridgehead atoms. The fourth-order valence-electron chi connectivity index (χ4n) is 2.73. The lowest BCUT2D eigenvalue weighted by Gasteiger charge is -2.28. The molecule has 26 heavy (non-hydrogen) atoms. The summed E-state index contributed by atoms with van der Waals surface area (Å²) in [6.07, 6.45) is 1.73. The van der Waals surface area contributed by atoms with Gasteiger partial charge in [0.25, 0.3) is 15.9 Å². The molecule has 0 unspecified atom stereocenters. The van der Waals surface area contributed by atoms with Gasteiger partial charge in [-0.1, -0.05) is 19.1 Å². The molecule has 1 aliphatic heterocycles. The molecule has 1 amide bonds. The van der Waals surface area contributed by atoms with E-state index in [0.717, 1.165) is 24.2 Å². The number of nitrogens with zero attached hydrogens (tertiary/aromatic N) is 1. The van der Waals surface area contributed by atoms with E-state index in [9.17, 15) is 13.2 Å². The van der Waals surface area contributed by atoms with Crippen molar-refractivity contribution in [1.29, 1.82) is 0 Å². The van der Waals surface area contributed by atoms with Gasteiger partial charge in [0.1, 0.15) is 4.21 Å². The maximum atomic E-state index is 12.7. The summed E-state index contributed by atoms with van der Waals surface area (Å²) < 4.78 is 27.2. The number of benzene rings is 1. The number of para-hydroxylation sites is 2. The van der Waals surface area contributed by atoms with Crippen LogP contribution in [0.1, 0.15) is 29.4 Å². The summed E-state index contributed by atoms with van der Waals surface area (Å²) in [5.74, 6) is 0.184. The molecule has 3 N–H and O–H groups in total. The number of rotatable bonds is 4. The Morgan fingerprint density at radius 1 is 1.19 bits per heavy atom. The van der Waals surface area contributed by atoms with Crippen LogP contribution in [0.3, 0.4) is 0 Å². The van der Waals surface area contributed by atoms with Crippen molar-refractivity contribution in [2.75, 3.05) is 24.1 Å². The number of nitrogens with one attached hydrogen (secondary N) is 1. The van der Waals surface area contributed by atoms with Gasteiger partial charge in [-0.15, -0.1) is 23.7 Å². The highest BCUT2D eigenvalue weighted by Crippen LogP contribution is 2.29. The van der Waals surface area contributed by atoms with E-state index in [-0.39, 0.29) is 22.5 Å². The van der Waals surface area contributed by atoms with Crippen molar-refractivity contribution in [2.45, 2.75) is 24.0 Å². The maximum Gasteiger partial charge on any atom is 0.265 e. The van der Waals surface area contributed by atoms with E-state index in [4.69, 9.17) is 5.73 Å². The number of amides is 1. The van der Waals surface area contributed by atoms with Gasteiger partial charge < -0.3 is 11.1 Å². The second-order valence-electron chi connectivity index (χ2n) is 6.25. The lowest BCUT2D eigenvalue weighted by Crippen LogP contribution is -2.37. The Hall–Kier alpha value is -1.61. The first-order valence-corrected chi connectivity index (χ1v) is 10.4. The monoisotopic (exact) mass is 415 g/mol. The first kappa shape index (κ1) is 20.7. The molecule has 6 nitrogen and oxygen atoms in total. The molecule has 0 spiro atoms. The zero-order valence-corrected chi connectivity index (χ0v) is 16.8. The van der Waals surface area contributed by atoms with E-state index in [1.165, 1.54) is 10.4 Å². The number of hydrogen-bond acceptors (Lipinski definition) is 5. The molecule has 1 saturated heterocycles. The van der Waals surface area contributed by atoms with Crippen LogP contribution in [0.5, 0.6) is 0 Å². The third-order valence-corrected chi connectivity index (χ3v) is 7.80. The summed E-state index contributed by atoms with van der Waals surface area (Å²) in [7, 11) is -3.53. The Labute approximate surface area is 163 Å². The van der Waals surface area contributed by atoms with Crippen LogP contribution in [-0.2, 0) is 10.0 Å². The molecule has 2 aromatic rings. The second-order valence-corrected chi connectivity index (χ2v) is 9.50. The van der Waals surface area contributed by atoms with Crippen molar-refractivity contribution in [2.24, 2.45) is 5.92 Å². The first-order valence-electron chi connectivity index (χ1n) is 8.14. The first-order chi connectivity index (χ1) is 11.9. The van der Waals surface area contributed by atoms with Crippen molar-refractivity contribution in [3.8, 4) is 0 Å². The van der Waals surface area contributed by atoms with Crippen LogP contribution in [0, 0.1) is 5.92 Å². The number of hydrogen-bond donors (Lipinski definition) is 2. The van der Waals surface area contributed by atoms with Gasteiger partial charge >= 0.3 is 0 Å². The Balaban J connectivity index is 0.00000243. The molecule has 142 valence electrons. The summed E-state index contributed by atoms with van der Waals surface area (Å²) in [6.45, 7) is 3.19. The number of carbonyl (C=O) groups excluding carboxylic acids is 1. The van der Waals surface area contributed by atoms with Gasteiger partial charge in [-0.3, -0.25) is 4.79 Å². The van der Waals surface area contributed by atoms with Gasteiger partial charge in [-0.05, 0) is 43.0 Å². The molecule has 0 aliphatic carbocycles. The minimum absolute atomic E-state index is 0. The predicted octanol–water partition coefficient (Wildman–Crippen LogP) is 3.43. The zero-order valence-electron chi connectivity index (χ0n) is 14.3. The summed E-state index contributed by atoms with van der Waals surface area (Å²) in [5.41, 5.74) is 6.79. The molecule has 1 aromatic heterocycles. The van der Waals surface area contributed by atoms with Crippen LogP contribution in [0.2, 0.25) is 0 Å². The van der Waals surface area contributed by atoms with E-state index < -0.39 is 10.0 Å². The van der Waals surface area contributed by atoms with Gasteiger partial charge in [0, 0.05) is 13.1 Å². The zero-order chi connectivity index (χ0) is 18.0. The van der Waals surface area contributed by atoms with Gasteiger partial charge in [-0.25, -0.2) is 8.42 Å². The van der Waals surface area contributed by atoms with Crippen LogP contribution in [-0.4, -0.2) is 31.7 Å². The second kappa shape index (κ2) is 8.39. The summed E-state index contributed by atoms with van der Waals surface area (Å²) in [4.78, 5) is 12.7. The third kappa shape index (κ3) is 4.37. The van der Waals surface area contributed by atoms with E-state index in [1.54, 1.807) is 30.3 Å². The number of thiophene rings is 1. The third-order valence-electron chi connectivity index (χ3n) is 4.35. The predicted molar refractivity (Wildman–Crippen MR) is 108 cm³/mol. The van der Waals surface area contributed by atoms with Crippen molar-refractivity contribution in [3.05, 3.63) is 41.3 Å².